The van der Waals surface area contributed by atoms with E-state index < -0.39 is 0 Å². The summed E-state index contributed by atoms with van der Waals surface area (Å²) in [6, 6.07) is 15.2. The van der Waals surface area contributed by atoms with Crippen molar-refractivity contribution in [2.24, 2.45) is 10.7 Å². The fraction of sp³-hybridized carbons (Fsp3) is 0.273. The number of allylic oxidation sites excluding steroid dienone is 1. The second-order valence-electron chi connectivity index (χ2n) is 6.64. The number of benzene rings is 2. The zero-order valence-corrected chi connectivity index (χ0v) is 15.8. The third-order valence-corrected chi connectivity index (χ3v) is 4.60. The number of para-hydroxylation sites is 2. The minimum atomic E-state index is -0.239. The van der Waals surface area contributed by atoms with Gasteiger partial charge in [-0.25, -0.2) is 0 Å². The zero-order valence-electron chi connectivity index (χ0n) is 15.8. The van der Waals surface area contributed by atoms with Gasteiger partial charge in [0, 0.05) is 18.2 Å². The molecule has 0 radical (unpaired) electrons. The largest absolute Gasteiger partial charge is 0.486 e. The van der Waals surface area contributed by atoms with Gasteiger partial charge in [-0.15, -0.1) is 0 Å². The van der Waals surface area contributed by atoms with E-state index in [0.29, 0.717) is 24.7 Å². The van der Waals surface area contributed by atoms with Gasteiger partial charge in [-0.3, -0.25) is 4.99 Å². The molecular formula is C22H21N3O4. The molecule has 0 aliphatic carbocycles. The smallest absolute Gasteiger partial charge is 0.186 e. The third-order valence-electron chi connectivity index (χ3n) is 4.60. The third kappa shape index (κ3) is 4.43. The number of hydrogen-bond donors (Lipinski definition) is 1. The molecule has 7 nitrogen and oxygen atoms in total. The highest BCUT2D eigenvalue weighted by atomic mass is 16.6. The topological polar surface area (TPSA) is 99.1 Å². The molecule has 4 rings (SSSR count). The summed E-state index contributed by atoms with van der Waals surface area (Å²) >= 11 is 0. The molecule has 0 saturated carbocycles. The number of fused-ring (bicyclic) bond motifs is 2. The monoisotopic (exact) mass is 391 g/mol. The van der Waals surface area contributed by atoms with E-state index in [1.165, 1.54) is 0 Å². The maximum Gasteiger partial charge on any atom is 0.186 e. The average molecular weight is 391 g/mol. The maximum atomic E-state index is 8.65. The SMILES string of the molecule is N#CCOc1ccc2c(c1)CCN=C2C=C(N)OCC1COc2ccccc2O1. The second-order valence-corrected chi connectivity index (χ2v) is 6.64. The second kappa shape index (κ2) is 8.57. The fourth-order valence-electron chi connectivity index (χ4n) is 3.25. The van der Waals surface area contributed by atoms with E-state index in [4.69, 9.17) is 29.9 Å². The fourth-order valence-corrected chi connectivity index (χ4v) is 3.25. The van der Waals surface area contributed by atoms with Crippen LogP contribution < -0.4 is 19.9 Å². The van der Waals surface area contributed by atoms with Crippen LogP contribution in [0.2, 0.25) is 0 Å². The standard InChI is InChI=1S/C22H21N3O4/c23-8-10-26-16-5-6-18-15(11-16)7-9-25-19(18)12-22(24)28-14-17-13-27-20-3-1-2-4-21(20)29-17/h1-6,11-12,17H,7,9-10,13-14,24H2. The zero-order chi connectivity index (χ0) is 20.1. The summed E-state index contributed by atoms with van der Waals surface area (Å²) in [7, 11) is 0. The maximum absolute atomic E-state index is 8.65. The summed E-state index contributed by atoms with van der Waals surface area (Å²) in [5, 5.41) is 8.65. The van der Waals surface area contributed by atoms with Crippen LogP contribution in [0.1, 0.15) is 11.1 Å². The molecule has 2 aliphatic heterocycles. The Balaban J connectivity index is 1.39. The molecular weight excluding hydrogens is 370 g/mol. The summed E-state index contributed by atoms with van der Waals surface area (Å²) in [5.41, 5.74) is 8.93. The van der Waals surface area contributed by atoms with Crippen molar-refractivity contribution in [2.75, 3.05) is 26.4 Å². The van der Waals surface area contributed by atoms with E-state index in [1.54, 1.807) is 6.08 Å². The molecule has 2 aromatic rings. The van der Waals surface area contributed by atoms with Gasteiger partial charge in [-0.2, -0.15) is 5.26 Å². The molecule has 29 heavy (non-hydrogen) atoms. The first-order valence-corrected chi connectivity index (χ1v) is 9.39. The summed E-state index contributed by atoms with van der Waals surface area (Å²) in [6.07, 6.45) is 2.30. The van der Waals surface area contributed by atoms with E-state index in [0.717, 1.165) is 29.0 Å². The molecule has 1 unspecified atom stereocenters. The first kappa shape index (κ1) is 18.7. The van der Waals surface area contributed by atoms with E-state index >= 15 is 0 Å². The van der Waals surface area contributed by atoms with Gasteiger partial charge in [0.15, 0.2) is 30.1 Å². The van der Waals surface area contributed by atoms with Gasteiger partial charge in [0.1, 0.15) is 25.0 Å². The summed E-state index contributed by atoms with van der Waals surface area (Å²) in [4.78, 5) is 4.56. The van der Waals surface area contributed by atoms with E-state index in [2.05, 4.69) is 4.99 Å². The first-order valence-electron chi connectivity index (χ1n) is 9.39. The molecule has 0 amide bonds. The molecule has 148 valence electrons. The van der Waals surface area contributed by atoms with Crippen LogP contribution in [-0.4, -0.2) is 38.2 Å². The first-order chi connectivity index (χ1) is 14.2. The van der Waals surface area contributed by atoms with Crippen LogP contribution in [0.25, 0.3) is 0 Å². The van der Waals surface area contributed by atoms with E-state index in [-0.39, 0.29) is 25.2 Å². The molecule has 2 N–H and O–H groups in total. The minimum absolute atomic E-state index is 0.0256. The number of ether oxygens (including phenoxy) is 4. The molecule has 2 aliphatic rings. The van der Waals surface area contributed by atoms with Crippen molar-refractivity contribution < 1.29 is 18.9 Å². The molecule has 0 bridgehead atoms. The van der Waals surface area contributed by atoms with Crippen molar-refractivity contribution in [2.45, 2.75) is 12.5 Å². The van der Waals surface area contributed by atoms with E-state index in [1.807, 2.05) is 48.5 Å². The van der Waals surface area contributed by atoms with Crippen molar-refractivity contribution in [1.29, 1.82) is 5.26 Å². The van der Waals surface area contributed by atoms with Gasteiger partial charge >= 0.3 is 0 Å². The highest BCUT2D eigenvalue weighted by Gasteiger charge is 2.21. The average Bonchev–Trinajstić information content (AvgIpc) is 2.76. The lowest BCUT2D eigenvalue weighted by Crippen LogP contribution is -2.33. The quantitative estimate of drug-likeness (QED) is 0.760. The van der Waals surface area contributed by atoms with Crippen LogP contribution >= 0.6 is 0 Å². The lowest BCUT2D eigenvalue weighted by molar-refractivity contribution is 0.0312. The lowest BCUT2D eigenvalue weighted by atomic mass is 9.97. The summed E-state index contributed by atoms with van der Waals surface area (Å²) < 4.78 is 22.6. The Labute approximate surface area is 169 Å². The Morgan fingerprint density at radius 2 is 2.14 bits per heavy atom. The highest BCUT2D eigenvalue weighted by molar-refractivity contribution is 6.10. The number of hydrogen-bond acceptors (Lipinski definition) is 7. The number of rotatable bonds is 6. The summed E-state index contributed by atoms with van der Waals surface area (Å²) in [6.45, 7) is 1.36. The normalized spacial score (nSPS) is 17.6. The van der Waals surface area contributed by atoms with Crippen LogP contribution in [0, 0.1) is 11.3 Å². The molecule has 0 aromatic heterocycles. The molecule has 7 heteroatoms. The van der Waals surface area contributed by atoms with Gasteiger partial charge in [0.05, 0.1) is 5.71 Å². The van der Waals surface area contributed by atoms with Crippen molar-refractivity contribution in [3.05, 3.63) is 65.6 Å². The van der Waals surface area contributed by atoms with Crippen LogP contribution in [0.4, 0.5) is 0 Å². The Hall–Kier alpha value is -3.66. The van der Waals surface area contributed by atoms with Crippen LogP contribution in [-0.2, 0) is 11.2 Å². The van der Waals surface area contributed by atoms with Crippen molar-refractivity contribution in [3.8, 4) is 23.3 Å². The molecule has 0 fully saturated rings. The Morgan fingerprint density at radius 3 is 3.00 bits per heavy atom. The number of nitrogens with two attached hydrogens (primary N) is 1. The van der Waals surface area contributed by atoms with Gasteiger partial charge in [0.2, 0.25) is 0 Å². The van der Waals surface area contributed by atoms with Crippen molar-refractivity contribution in [1.82, 2.24) is 0 Å². The summed E-state index contributed by atoms with van der Waals surface area (Å²) in [5.74, 6) is 2.38. The van der Waals surface area contributed by atoms with Gasteiger partial charge < -0.3 is 24.7 Å². The molecule has 2 aromatic carbocycles. The molecule has 2 heterocycles. The van der Waals surface area contributed by atoms with Gasteiger partial charge in [-0.1, -0.05) is 12.1 Å². The molecule has 0 saturated heterocycles. The van der Waals surface area contributed by atoms with Crippen LogP contribution in [0.5, 0.6) is 17.2 Å². The Kier molecular flexibility index (Phi) is 5.52. The Morgan fingerprint density at radius 1 is 1.28 bits per heavy atom. The van der Waals surface area contributed by atoms with Gasteiger partial charge in [0.25, 0.3) is 0 Å². The molecule has 0 spiro atoms. The van der Waals surface area contributed by atoms with Crippen LogP contribution in [0.3, 0.4) is 0 Å². The predicted molar refractivity (Wildman–Crippen MR) is 107 cm³/mol. The number of nitrogens with zero attached hydrogens (tertiary/aromatic N) is 2. The number of aliphatic imine (C=N–C) groups is 1. The predicted octanol–water partition coefficient (Wildman–Crippen LogP) is 2.59. The molecule has 1 atom stereocenters. The van der Waals surface area contributed by atoms with E-state index in [9.17, 15) is 0 Å². The minimum Gasteiger partial charge on any atom is -0.486 e. The van der Waals surface area contributed by atoms with Gasteiger partial charge in [-0.05, 0) is 42.3 Å². The van der Waals surface area contributed by atoms with Crippen molar-refractivity contribution >= 4 is 5.71 Å². The van der Waals surface area contributed by atoms with Crippen molar-refractivity contribution in [3.63, 3.8) is 0 Å². The lowest BCUT2D eigenvalue weighted by Gasteiger charge is -2.26. The Bertz CT molecular complexity index is 994. The highest BCUT2D eigenvalue weighted by Crippen LogP contribution is 2.31. The number of nitriles is 1. The van der Waals surface area contributed by atoms with Crippen LogP contribution in [0.15, 0.2) is 59.4 Å².